The van der Waals surface area contributed by atoms with E-state index in [1.54, 1.807) is 23.1 Å². The van der Waals surface area contributed by atoms with Gasteiger partial charge in [-0.25, -0.2) is 4.79 Å². The first kappa shape index (κ1) is 19.6. The molecule has 1 fully saturated rings. The highest BCUT2D eigenvalue weighted by Gasteiger charge is 2.44. The molecule has 6 heteroatoms. The fourth-order valence-corrected chi connectivity index (χ4v) is 3.65. The van der Waals surface area contributed by atoms with Crippen molar-refractivity contribution >= 4 is 23.2 Å². The number of hydrogen-bond donors (Lipinski definition) is 2. The molecule has 3 aromatic rings. The number of cyclic esters (lactones) is 1. The molecule has 1 saturated heterocycles. The number of carbonyl (C=O) groups excluding carboxylic acids is 1. The van der Waals surface area contributed by atoms with Gasteiger partial charge in [-0.1, -0.05) is 49.4 Å². The molecule has 0 bridgehead atoms. The Balaban J connectivity index is 1.76. The van der Waals surface area contributed by atoms with Crippen LogP contribution in [0.5, 0.6) is 5.75 Å². The number of ether oxygens (including phenoxy) is 2. The predicted molar refractivity (Wildman–Crippen MR) is 118 cm³/mol. The van der Waals surface area contributed by atoms with Gasteiger partial charge in [0.05, 0.1) is 23.7 Å². The molecule has 0 saturated carbocycles. The lowest BCUT2D eigenvalue weighted by molar-refractivity contribution is 0.132. The number of nitrogens with zero attached hydrogens (tertiary/aromatic N) is 1. The third-order valence-electron chi connectivity index (χ3n) is 5.16. The Bertz CT molecular complexity index is 1020. The van der Waals surface area contributed by atoms with E-state index in [0.717, 1.165) is 23.3 Å². The van der Waals surface area contributed by atoms with Gasteiger partial charge in [0, 0.05) is 0 Å². The summed E-state index contributed by atoms with van der Waals surface area (Å²) in [5, 5.41) is 0. The van der Waals surface area contributed by atoms with Gasteiger partial charge >= 0.3 is 6.09 Å². The van der Waals surface area contributed by atoms with E-state index in [-0.39, 0.29) is 6.04 Å². The Morgan fingerprint density at radius 1 is 0.933 bits per heavy atom. The Morgan fingerprint density at radius 2 is 1.67 bits per heavy atom. The number of benzene rings is 3. The first-order chi connectivity index (χ1) is 14.6. The highest BCUT2D eigenvalue weighted by molar-refractivity contribution is 5.92. The number of nitrogen functional groups attached to an aromatic ring is 2. The van der Waals surface area contributed by atoms with E-state index < -0.39 is 12.2 Å². The summed E-state index contributed by atoms with van der Waals surface area (Å²) < 4.78 is 11.5. The SMILES string of the molecule is CCCOc1ccc(C2[C@@H](c3ccccc3)OC(=O)N2c2ccc(N)c(N)c2)cc1. The predicted octanol–water partition coefficient (Wildman–Crippen LogP) is 5.08. The molecule has 0 aromatic heterocycles. The quantitative estimate of drug-likeness (QED) is 0.560. The van der Waals surface area contributed by atoms with Crippen LogP contribution in [-0.4, -0.2) is 12.7 Å². The average Bonchev–Trinajstić information content (AvgIpc) is 3.12. The molecule has 4 rings (SSSR count). The molecule has 2 atom stereocenters. The fourth-order valence-electron chi connectivity index (χ4n) is 3.65. The van der Waals surface area contributed by atoms with E-state index in [1.807, 2.05) is 54.6 Å². The standard InChI is InChI=1S/C24H25N3O3/c1-2-14-29-19-11-8-16(9-12-19)22-23(17-6-4-3-5-7-17)30-24(28)27(22)18-10-13-20(25)21(26)15-18/h3-13,15,22-23H,2,14,25-26H2,1H3/t22?,23-/m1/s1. The molecule has 0 radical (unpaired) electrons. The van der Waals surface area contributed by atoms with Gasteiger partial charge in [-0.05, 0) is 47.9 Å². The van der Waals surface area contributed by atoms with Gasteiger partial charge in [0.25, 0.3) is 0 Å². The molecular weight excluding hydrogens is 378 g/mol. The van der Waals surface area contributed by atoms with Gasteiger partial charge < -0.3 is 20.9 Å². The lowest BCUT2D eigenvalue weighted by Crippen LogP contribution is -2.28. The molecule has 4 N–H and O–H groups in total. The van der Waals surface area contributed by atoms with Crippen molar-refractivity contribution in [2.75, 3.05) is 23.0 Å². The summed E-state index contributed by atoms with van der Waals surface area (Å²) in [4.78, 5) is 14.6. The largest absolute Gasteiger partial charge is 0.494 e. The molecule has 154 valence electrons. The molecule has 0 spiro atoms. The molecule has 1 amide bonds. The summed E-state index contributed by atoms with van der Waals surface area (Å²) in [6.45, 7) is 2.73. The normalized spacial score (nSPS) is 18.3. The molecule has 1 unspecified atom stereocenters. The summed E-state index contributed by atoms with van der Waals surface area (Å²) in [5.74, 6) is 0.797. The van der Waals surface area contributed by atoms with Gasteiger partial charge in [-0.15, -0.1) is 0 Å². The van der Waals surface area contributed by atoms with Crippen LogP contribution in [0.1, 0.15) is 36.6 Å². The molecule has 6 nitrogen and oxygen atoms in total. The van der Waals surface area contributed by atoms with Gasteiger partial charge in [0.15, 0.2) is 6.10 Å². The highest BCUT2D eigenvalue weighted by atomic mass is 16.6. The summed E-state index contributed by atoms with van der Waals surface area (Å²) >= 11 is 0. The fraction of sp³-hybridized carbons (Fsp3) is 0.208. The van der Waals surface area contributed by atoms with Crippen LogP contribution in [0.15, 0.2) is 72.8 Å². The van der Waals surface area contributed by atoms with Crippen molar-refractivity contribution in [1.82, 2.24) is 0 Å². The van der Waals surface area contributed by atoms with E-state index >= 15 is 0 Å². The number of nitrogens with two attached hydrogens (primary N) is 2. The van der Waals surface area contributed by atoms with Crippen molar-refractivity contribution < 1.29 is 14.3 Å². The van der Waals surface area contributed by atoms with Crippen LogP contribution in [0.4, 0.5) is 21.9 Å². The molecular formula is C24H25N3O3. The topological polar surface area (TPSA) is 90.8 Å². The van der Waals surface area contributed by atoms with Gasteiger partial charge in [-0.2, -0.15) is 0 Å². The first-order valence-corrected chi connectivity index (χ1v) is 10.0. The van der Waals surface area contributed by atoms with Crippen LogP contribution in [-0.2, 0) is 4.74 Å². The van der Waals surface area contributed by atoms with E-state index in [1.165, 1.54) is 0 Å². The molecule has 30 heavy (non-hydrogen) atoms. The monoisotopic (exact) mass is 403 g/mol. The van der Waals surface area contributed by atoms with E-state index in [4.69, 9.17) is 20.9 Å². The van der Waals surface area contributed by atoms with Crippen molar-refractivity contribution in [2.24, 2.45) is 0 Å². The van der Waals surface area contributed by atoms with Gasteiger partial charge in [0.1, 0.15) is 11.8 Å². The number of rotatable bonds is 6. The minimum Gasteiger partial charge on any atom is -0.494 e. The summed E-state index contributed by atoms with van der Waals surface area (Å²) in [5.41, 5.74) is 15.3. The van der Waals surface area contributed by atoms with Crippen LogP contribution < -0.4 is 21.1 Å². The van der Waals surface area contributed by atoms with E-state index in [9.17, 15) is 4.79 Å². The van der Waals surface area contributed by atoms with Crippen LogP contribution in [0, 0.1) is 0 Å². The Kier molecular flexibility index (Phi) is 5.48. The first-order valence-electron chi connectivity index (χ1n) is 10.0. The van der Waals surface area contributed by atoms with Crippen LogP contribution >= 0.6 is 0 Å². The highest BCUT2D eigenvalue weighted by Crippen LogP contribution is 2.46. The summed E-state index contributed by atoms with van der Waals surface area (Å²) in [6.07, 6.45) is 0.0546. The number of amides is 1. The second-order valence-corrected chi connectivity index (χ2v) is 7.26. The smallest absolute Gasteiger partial charge is 0.415 e. The van der Waals surface area contributed by atoms with Crippen molar-refractivity contribution in [1.29, 1.82) is 0 Å². The number of anilines is 3. The molecule has 1 aliphatic rings. The third kappa shape index (κ3) is 3.76. The van der Waals surface area contributed by atoms with Gasteiger partial charge in [-0.3, -0.25) is 4.90 Å². The van der Waals surface area contributed by atoms with Crippen LogP contribution in [0.3, 0.4) is 0 Å². The minimum atomic E-state index is -0.458. The lowest BCUT2D eigenvalue weighted by Gasteiger charge is -2.26. The number of carbonyl (C=O) groups is 1. The second-order valence-electron chi connectivity index (χ2n) is 7.26. The maximum Gasteiger partial charge on any atom is 0.415 e. The van der Waals surface area contributed by atoms with Gasteiger partial charge in [0.2, 0.25) is 0 Å². The van der Waals surface area contributed by atoms with Crippen molar-refractivity contribution in [2.45, 2.75) is 25.5 Å². The molecule has 0 aliphatic carbocycles. The van der Waals surface area contributed by atoms with Crippen molar-refractivity contribution in [3.63, 3.8) is 0 Å². The zero-order valence-electron chi connectivity index (χ0n) is 16.8. The Morgan fingerprint density at radius 3 is 2.33 bits per heavy atom. The van der Waals surface area contributed by atoms with Crippen LogP contribution in [0.2, 0.25) is 0 Å². The average molecular weight is 403 g/mol. The van der Waals surface area contributed by atoms with Crippen molar-refractivity contribution in [3.8, 4) is 5.75 Å². The van der Waals surface area contributed by atoms with E-state index in [0.29, 0.717) is 23.7 Å². The summed E-state index contributed by atoms with van der Waals surface area (Å²) in [6, 6.07) is 22.4. The molecule has 3 aromatic carbocycles. The zero-order chi connectivity index (χ0) is 21.1. The Hall–Kier alpha value is -3.67. The maximum absolute atomic E-state index is 13.0. The maximum atomic E-state index is 13.0. The Labute approximate surface area is 176 Å². The third-order valence-corrected chi connectivity index (χ3v) is 5.16. The minimum absolute atomic E-state index is 0.358. The van der Waals surface area contributed by atoms with E-state index in [2.05, 4.69) is 6.92 Å². The van der Waals surface area contributed by atoms with Crippen LogP contribution in [0.25, 0.3) is 0 Å². The summed E-state index contributed by atoms with van der Waals surface area (Å²) in [7, 11) is 0. The second kappa shape index (κ2) is 8.37. The molecule has 1 aliphatic heterocycles. The number of hydrogen-bond acceptors (Lipinski definition) is 5. The van der Waals surface area contributed by atoms with Crippen molar-refractivity contribution in [3.05, 3.63) is 83.9 Å². The lowest BCUT2D eigenvalue weighted by atomic mass is 9.95. The molecule has 1 heterocycles. The zero-order valence-corrected chi connectivity index (χ0v) is 16.8.